The number of thiocarbonyl (C=S) groups is 1. The van der Waals surface area contributed by atoms with Crippen LogP contribution in [0, 0.1) is 17.1 Å². The standard InChI is InChI=1S/C9H5FN2OS/c1-13-9-6(4-11)2-3-7(8(9)10)12-5-14/h2-3H,1H3. The van der Waals surface area contributed by atoms with E-state index in [0.717, 1.165) is 0 Å². The van der Waals surface area contributed by atoms with Gasteiger partial charge in [0.2, 0.25) is 0 Å². The molecule has 0 aliphatic heterocycles. The zero-order chi connectivity index (χ0) is 10.6. The van der Waals surface area contributed by atoms with Gasteiger partial charge in [-0.1, -0.05) is 0 Å². The number of benzene rings is 1. The van der Waals surface area contributed by atoms with Crippen molar-refractivity contribution in [2.24, 2.45) is 4.99 Å². The highest BCUT2D eigenvalue weighted by atomic mass is 32.1. The van der Waals surface area contributed by atoms with Crippen LogP contribution < -0.4 is 4.74 Å². The zero-order valence-corrected chi connectivity index (χ0v) is 8.06. The Morgan fingerprint density at radius 3 is 2.79 bits per heavy atom. The molecule has 0 spiro atoms. The quantitative estimate of drug-likeness (QED) is 0.554. The number of aliphatic imine (C=N–C) groups is 1. The number of methoxy groups -OCH3 is 1. The number of nitrogens with zero attached hydrogens (tertiary/aromatic N) is 2. The highest BCUT2D eigenvalue weighted by Gasteiger charge is 2.12. The fraction of sp³-hybridized carbons (Fsp3) is 0.111. The summed E-state index contributed by atoms with van der Waals surface area (Å²) in [6.07, 6.45) is 0. The third kappa shape index (κ3) is 1.77. The van der Waals surface area contributed by atoms with Gasteiger partial charge in [0.1, 0.15) is 11.8 Å². The van der Waals surface area contributed by atoms with Gasteiger partial charge in [-0.15, -0.1) is 0 Å². The van der Waals surface area contributed by atoms with Crippen molar-refractivity contribution < 1.29 is 9.13 Å². The van der Waals surface area contributed by atoms with Crippen LogP contribution in [0.3, 0.4) is 0 Å². The Labute approximate surface area is 85.5 Å². The Morgan fingerprint density at radius 1 is 1.57 bits per heavy atom. The van der Waals surface area contributed by atoms with Crippen molar-refractivity contribution in [3.63, 3.8) is 0 Å². The lowest BCUT2D eigenvalue weighted by atomic mass is 10.2. The molecule has 0 atom stereocenters. The van der Waals surface area contributed by atoms with Crippen molar-refractivity contribution in [1.29, 1.82) is 5.26 Å². The van der Waals surface area contributed by atoms with E-state index in [1.807, 2.05) is 5.16 Å². The molecule has 0 amide bonds. The zero-order valence-electron chi connectivity index (χ0n) is 7.24. The van der Waals surface area contributed by atoms with Crippen LogP contribution >= 0.6 is 12.2 Å². The molecular formula is C9H5FN2OS. The number of hydrogen-bond donors (Lipinski definition) is 0. The van der Waals surface area contributed by atoms with Crippen molar-refractivity contribution in [2.75, 3.05) is 7.11 Å². The molecular weight excluding hydrogens is 203 g/mol. The minimum absolute atomic E-state index is 0.0100. The normalized spacial score (nSPS) is 8.64. The first kappa shape index (κ1) is 10.3. The SMILES string of the molecule is COc1c(C#N)ccc(N=C=S)c1F. The van der Waals surface area contributed by atoms with Crippen LogP contribution in [0.25, 0.3) is 0 Å². The molecule has 5 heteroatoms. The van der Waals surface area contributed by atoms with E-state index in [9.17, 15) is 4.39 Å². The molecule has 0 heterocycles. The molecule has 0 aliphatic rings. The average Bonchev–Trinajstić information content (AvgIpc) is 2.21. The van der Waals surface area contributed by atoms with E-state index >= 15 is 0 Å². The second kappa shape index (κ2) is 4.47. The third-order valence-electron chi connectivity index (χ3n) is 1.57. The van der Waals surface area contributed by atoms with Crippen LogP contribution in [0.4, 0.5) is 10.1 Å². The molecule has 1 aromatic carbocycles. The summed E-state index contributed by atoms with van der Waals surface area (Å²) in [4.78, 5) is 3.49. The van der Waals surface area contributed by atoms with Gasteiger partial charge in [0.05, 0.1) is 17.8 Å². The minimum Gasteiger partial charge on any atom is -0.492 e. The molecule has 70 valence electrons. The molecule has 0 bridgehead atoms. The number of rotatable bonds is 2. The molecule has 0 N–H and O–H groups in total. The van der Waals surface area contributed by atoms with E-state index in [0.29, 0.717) is 0 Å². The fourth-order valence-corrected chi connectivity index (χ4v) is 1.07. The Bertz CT molecular complexity index is 447. The monoisotopic (exact) mass is 208 g/mol. The summed E-state index contributed by atoms with van der Waals surface area (Å²) in [6.45, 7) is 0. The van der Waals surface area contributed by atoms with Crippen LogP contribution in [0.5, 0.6) is 5.75 Å². The molecule has 1 aromatic rings. The predicted octanol–water partition coefficient (Wildman–Crippen LogP) is 2.44. The van der Waals surface area contributed by atoms with E-state index in [1.54, 1.807) is 6.07 Å². The summed E-state index contributed by atoms with van der Waals surface area (Å²) in [6, 6.07) is 4.56. The Hall–Kier alpha value is -1.76. The predicted molar refractivity (Wildman–Crippen MR) is 52.4 cm³/mol. The first-order chi connectivity index (χ1) is 6.74. The van der Waals surface area contributed by atoms with Gasteiger partial charge in [-0.3, -0.25) is 0 Å². The van der Waals surface area contributed by atoms with Crippen LogP contribution in [0.2, 0.25) is 0 Å². The van der Waals surface area contributed by atoms with Crippen LogP contribution in [-0.4, -0.2) is 12.3 Å². The lowest BCUT2D eigenvalue weighted by molar-refractivity contribution is 0.386. The van der Waals surface area contributed by atoms with Crippen molar-refractivity contribution >= 4 is 23.1 Å². The third-order valence-corrected chi connectivity index (χ3v) is 1.66. The van der Waals surface area contributed by atoms with Crippen molar-refractivity contribution in [3.8, 4) is 11.8 Å². The van der Waals surface area contributed by atoms with E-state index in [4.69, 9.17) is 10.00 Å². The summed E-state index contributed by atoms with van der Waals surface area (Å²) in [5.41, 5.74) is 0.129. The fourth-order valence-electron chi connectivity index (χ4n) is 0.969. The van der Waals surface area contributed by atoms with Crippen LogP contribution in [0.15, 0.2) is 17.1 Å². The Morgan fingerprint density at radius 2 is 2.29 bits per heavy atom. The molecule has 0 aliphatic carbocycles. The maximum Gasteiger partial charge on any atom is 0.192 e. The van der Waals surface area contributed by atoms with E-state index in [-0.39, 0.29) is 17.0 Å². The smallest absolute Gasteiger partial charge is 0.192 e. The molecule has 1 rings (SSSR count). The Balaban J connectivity index is 3.43. The van der Waals surface area contributed by atoms with Crippen molar-refractivity contribution in [2.45, 2.75) is 0 Å². The Kier molecular flexibility index (Phi) is 3.29. The summed E-state index contributed by atoms with van der Waals surface area (Å²) in [7, 11) is 1.28. The molecule has 3 nitrogen and oxygen atoms in total. The van der Waals surface area contributed by atoms with Gasteiger partial charge in [-0.05, 0) is 24.4 Å². The number of isothiocyanates is 1. The maximum absolute atomic E-state index is 13.5. The van der Waals surface area contributed by atoms with E-state index in [2.05, 4.69) is 17.2 Å². The second-order valence-corrected chi connectivity index (χ2v) is 2.48. The highest BCUT2D eigenvalue weighted by molar-refractivity contribution is 7.78. The summed E-state index contributed by atoms with van der Waals surface area (Å²) in [5.74, 6) is -0.831. The first-order valence-electron chi connectivity index (χ1n) is 3.59. The molecule has 0 saturated heterocycles. The van der Waals surface area contributed by atoms with Gasteiger partial charge in [0, 0.05) is 0 Å². The largest absolute Gasteiger partial charge is 0.492 e. The van der Waals surface area contributed by atoms with Gasteiger partial charge >= 0.3 is 0 Å². The second-order valence-electron chi connectivity index (χ2n) is 2.29. The van der Waals surface area contributed by atoms with E-state index in [1.165, 1.54) is 19.2 Å². The van der Waals surface area contributed by atoms with Gasteiger partial charge in [0.15, 0.2) is 11.6 Å². The average molecular weight is 208 g/mol. The molecule has 0 radical (unpaired) electrons. The summed E-state index contributed by atoms with van der Waals surface area (Å²) < 4.78 is 18.2. The summed E-state index contributed by atoms with van der Waals surface area (Å²) in [5, 5.41) is 10.7. The summed E-state index contributed by atoms with van der Waals surface area (Å²) >= 11 is 4.35. The van der Waals surface area contributed by atoms with Gasteiger partial charge in [-0.25, -0.2) is 4.39 Å². The van der Waals surface area contributed by atoms with Crippen molar-refractivity contribution in [1.82, 2.24) is 0 Å². The highest BCUT2D eigenvalue weighted by Crippen LogP contribution is 2.29. The number of nitriles is 1. The molecule has 0 aromatic heterocycles. The number of ether oxygens (including phenoxy) is 1. The van der Waals surface area contributed by atoms with Gasteiger partial charge in [-0.2, -0.15) is 10.3 Å². The minimum atomic E-state index is -0.705. The first-order valence-corrected chi connectivity index (χ1v) is 4.00. The molecule has 0 unspecified atom stereocenters. The molecule has 0 saturated carbocycles. The van der Waals surface area contributed by atoms with Crippen molar-refractivity contribution in [3.05, 3.63) is 23.5 Å². The van der Waals surface area contributed by atoms with Gasteiger partial charge in [0.25, 0.3) is 0 Å². The lowest BCUT2D eigenvalue weighted by Crippen LogP contribution is -1.92. The van der Waals surface area contributed by atoms with Crippen LogP contribution in [0.1, 0.15) is 5.56 Å². The van der Waals surface area contributed by atoms with E-state index < -0.39 is 5.82 Å². The lowest BCUT2D eigenvalue weighted by Gasteiger charge is -2.04. The number of hydrogen-bond acceptors (Lipinski definition) is 4. The molecule has 14 heavy (non-hydrogen) atoms. The van der Waals surface area contributed by atoms with Crippen LogP contribution in [-0.2, 0) is 0 Å². The maximum atomic E-state index is 13.5. The topological polar surface area (TPSA) is 45.4 Å². The van der Waals surface area contributed by atoms with Gasteiger partial charge < -0.3 is 4.74 Å². The molecule has 0 fully saturated rings. The number of halogens is 1.